The Hall–Kier alpha value is -3.79. The van der Waals surface area contributed by atoms with E-state index in [2.05, 4.69) is 30.4 Å². The Morgan fingerprint density at radius 3 is 2.67 bits per heavy atom. The number of nitrogens with one attached hydrogen (secondary N) is 2. The normalized spacial score (nSPS) is 19.6. The summed E-state index contributed by atoms with van der Waals surface area (Å²) in [6.45, 7) is 3.34. The first-order valence-corrected chi connectivity index (χ1v) is 13.6. The number of alkyl halides is 1. The van der Waals surface area contributed by atoms with Crippen molar-refractivity contribution in [1.29, 1.82) is 0 Å². The smallest absolute Gasteiger partial charge is 0.252 e. The van der Waals surface area contributed by atoms with Crippen LogP contribution >= 0.6 is 0 Å². The molecule has 7 rings (SSSR count). The average molecular weight is 533 g/mol. The zero-order valence-electron chi connectivity index (χ0n) is 21.6. The molecule has 1 spiro atoms. The summed E-state index contributed by atoms with van der Waals surface area (Å²) in [7, 11) is 0. The lowest BCUT2D eigenvalue weighted by molar-refractivity contribution is 0.0952. The molecule has 2 saturated carbocycles. The molecule has 0 unspecified atom stereocenters. The van der Waals surface area contributed by atoms with Gasteiger partial charge in [-0.05, 0) is 55.5 Å². The Balaban J connectivity index is 1.17. The van der Waals surface area contributed by atoms with Gasteiger partial charge in [0.1, 0.15) is 18.1 Å². The van der Waals surface area contributed by atoms with Crippen molar-refractivity contribution < 1.29 is 18.3 Å². The molecule has 39 heavy (non-hydrogen) atoms. The van der Waals surface area contributed by atoms with Crippen molar-refractivity contribution in [3.63, 3.8) is 0 Å². The fourth-order valence-electron chi connectivity index (χ4n) is 5.55. The van der Waals surface area contributed by atoms with Crippen molar-refractivity contribution >= 4 is 23.2 Å². The molecule has 4 aliphatic rings. The summed E-state index contributed by atoms with van der Waals surface area (Å²) in [5, 5.41) is 6.32. The molecular weight excluding hydrogens is 502 g/mol. The van der Waals surface area contributed by atoms with Crippen LogP contribution < -0.4 is 20.3 Å². The number of hydrogen-bond acceptors (Lipinski definition) is 7. The van der Waals surface area contributed by atoms with Gasteiger partial charge in [0.05, 0.1) is 23.5 Å². The molecule has 1 saturated heterocycles. The van der Waals surface area contributed by atoms with Gasteiger partial charge >= 0.3 is 0 Å². The molecule has 2 aliphatic carbocycles. The predicted octanol–water partition coefficient (Wildman–Crippen LogP) is 4.39. The van der Waals surface area contributed by atoms with Crippen LogP contribution in [0.4, 0.5) is 26.1 Å². The molecule has 1 amide bonds. The number of fused-ring (bicyclic) bond motifs is 2. The molecule has 3 aromatic rings. The van der Waals surface area contributed by atoms with E-state index in [9.17, 15) is 13.6 Å². The molecule has 3 fully saturated rings. The van der Waals surface area contributed by atoms with Gasteiger partial charge in [-0.25, -0.2) is 18.7 Å². The van der Waals surface area contributed by atoms with E-state index in [-0.39, 0.29) is 35.9 Å². The molecular formula is C29H30F2N6O2. The number of nitrogens with zero attached hydrogens (tertiary/aromatic N) is 4. The quantitative estimate of drug-likeness (QED) is 0.445. The van der Waals surface area contributed by atoms with Gasteiger partial charge in [-0.1, -0.05) is 12.1 Å². The number of carbonyl (C=O) groups excluding carboxylic acids is 1. The van der Waals surface area contributed by atoms with Crippen LogP contribution in [0.2, 0.25) is 0 Å². The first kappa shape index (κ1) is 24.3. The first-order valence-electron chi connectivity index (χ1n) is 13.6. The van der Waals surface area contributed by atoms with Crippen LogP contribution in [0.15, 0.2) is 42.6 Å². The number of benzene rings is 2. The minimum atomic E-state index is -0.561. The minimum Gasteiger partial charge on any atom is -0.488 e. The van der Waals surface area contributed by atoms with E-state index in [0.29, 0.717) is 29.1 Å². The number of rotatable bonds is 8. The van der Waals surface area contributed by atoms with Gasteiger partial charge in [-0.3, -0.25) is 9.69 Å². The molecule has 2 N–H and O–H groups in total. The van der Waals surface area contributed by atoms with Crippen LogP contribution in [-0.2, 0) is 5.54 Å². The Morgan fingerprint density at radius 2 is 1.92 bits per heavy atom. The van der Waals surface area contributed by atoms with Crippen LogP contribution in [0, 0.1) is 5.82 Å². The zero-order valence-corrected chi connectivity index (χ0v) is 21.6. The summed E-state index contributed by atoms with van der Waals surface area (Å²) in [5.74, 6) is 0.243. The standard InChI is InChI=1S/C29H30F2N6O2/c30-9-10-36-11-13-37(14-12-36)19-2-6-25(39-20-3-4-20)24(16-19)33-28-32-17-23(31)26(34-28)18-1-5-22-21(15-18)27(38)35-29(22)7-8-29/h1-2,5-6,15-17,20H,3-4,7-14H2,(H,35,38)(H,32,33,34). The van der Waals surface area contributed by atoms with Gasteiger partial charge in [0, 0.05) is 49.5 Å². The number of halogens is 2. The summed E-state index contributed by atoms with van der Waals surface area (Å²) >= 11 is 0. The van der Waals surface area contributed by atoms with Crippen molar-refractivity contribution in [3.8, 4) is 17.0 Å². The lowest BCUT2D eigenvalue weighted by Gasteiger charge is -2.36. The van der Waals surface area contributed by atoms with E-state index in [1.807, 2.05) is 30.3 Å². The van der Waals surface area contributed by atoms with Crippen molar-refractivity contribution in [3.05, 3.63) is 59.5 Å². The number of hydrogen-bond donors (Lipinski definition) is 2. The zero-order chi connectivity index (χ0) is 26.6. The van der Waals surface area contributed by atoms with Crippen LogP contribution in [0.25, 0.3) is 11.3 Å². The summed E-state index contributed by atoms with van der Waals surface area (Å²) in [5.41, 5.74) is 3.70. The highest BCUT2D eigenvalue weighted by Crippen LogP contribution is 2.50. The molecule has 2 aromatic carbocycles. The van der Waals surface area contributed by atoms with Gasteiger partial charge in [-0.15, -0.1) is 0 Å². The van der Waals surface area contributed by atoms with E-state index < -0.39 is 5.82 Å². The predicted molar refractivity (Wildman–Crippen MR) is 144 cm³/mol. The van der Waals surface area contributed by atoms with Crippen molar-refractivity contribution in [2.24, 2.45) is 0 Å². The van der Waals surface area contributed by atoms with Crippen molar-refractivity contribution in [2.45, 2.75) is 37.3 Å². The lowest BCUT2D eigenvalue weighted by Crippen LogP contribution is -2.47. The van der Waals surface area contributed by atoms with Gasteiger partial charge in [0.25, 0.3) is 5.91 Å². The third-order valence-corrected chi connectivity index (χ3v) is 8.07. The Kier molecular flexibility index (Phi) is 5.88. The number of aromatic nitrogens is 2. The maximum absolute atomic E-state index is 14.9. The SMILES string of the molecule is O=C1NC2(CC2)c2ccc(-c3nc(Nc4cc(N5CCN(CCF)CC5)ccc4OC4CC4)ncc3F)cc21. The number of carbonyl (C=O) groups is 1. The molecule has 1 aromatic heterocycles. The second-order valence-electron chi connectivity index (χ2n) is 10.8. The summed E-state index contributed by atoms with van der Waals surface area (Å²) < 4.78 is 33.8. The van der Waals surface area contributed by atoms with Crippen LogP contribution in [0.3, 0.4) is 0 Å². The molecule has 8 nitrogen and oxygen atoms in total. The molecule has 0 bridgehead atoms. The fourth-order valence-corrected chi connectivity index (χ4v) is 5.55. The van der Waals surface area contributed by atoms with Crippen LogP contribution in [-0.4, -0.2) is 66.3 Å². The van der Waals surface area contributed by atoms with E-state index in [1.165, 1.54) is 0 Å². The molecule has 3 heterocycles. The first-order chi connectivity index (χ1) is 19.0. The monoisotopic (exact) mass is 532 g/mol. The topological polar surface area (TPSA) is 82.6 Å². The Bertz CT molecular complexity index is 1430. The highest BCUT2D eigenvalue weighted by Gasteiger charge is 2.52. The van der Waals surface area contributed by atoms with Gasteiger partial charge in [0.15, 0.2) is 5.82 Å². The van der Waals surface area contributed by atoms with Gasteiger partial charge in [-0.2, -0.15) is 0 Å². The summed E-state index contributed by atoms with van der Waals surface area (Å²) in [6.07, 6.45) is 5.23. The maximum Gasteiger partial charge on any atom is 0.252 e. The second-order valence-corrected chi connectivity index (χ2v) is 10.8. The molecule has 0 radical (unpaired) electrons. The summed E-state index contributed by atoms with van der Waals surface area (Å²) in [6, 6.07) is 11.4. The van der Waals surface area contributed by atoms with E-state index >= 15 is 0 Å². The highest BCUT2D eigenvalue weighted by atomic mass is 19.1. The lowest BCUT2D eigenvalue weighted by atomic mass is 9.99. The van der Waals surface area contributed by atoms with Gasteiger partial charge in [0.2, 0.25) is 5.95 Å². The average Bonchev–Trinajstić information content (AvgIpc) is 3.88. The third kappa shape index (κ3) is 4.67. The number of piperazine rings is 1. The highest BCUT2D eigenvalue weighted by molar-refractivity contribution is 6.01. The van der Waals surface area contributed by atoms with Crippen LogP contribution in [0.1, 0.15) is 41.6 Å². The molecule has 10 heteroatoms. The van der Waals surface area contributed by atoms with E-state index in [0.717, 1.165) is 69.3 Å². The second kappa shape index (κ2) is 9.44. The molecule has 0 atom stereocenters. The van der Waals surface area contributed by atoms with E-state index in [1.54, 1.807) is 6.07 Å². The van der Waals surface area contributed by atoms with Crippen LogP contribution in [0.5, 0.6) is 5.75 Å². The number of ether oxygens (including phenoxy) is 1. The van der Waals surface area contributed by atoms with Crippen molar-refractivity contribution in [1.82, 2.24) is 20.2 Å². The van der Waals surface area contributed by atoms with E-state index in [4.69, 9.17) is 4.74 Å². The molecule has 2 aliphatic heterocycles. The number of amides is 1. The maximum atomic E-state index is 14.9. The summed E-state index contributed by atoms with van der Waals surface area (Å²) in [4.78, 5) is 25.7. The fraction of sp³-hybridized carbons (Fsp3) is 0.414. The van der Waals surface area contributed by atoms with Gasteiger partial charge < -0.3 is 20.3 Å². The van der Waals surface area contributed by atoms with Crippen molar-refractivity contribution in [2.75, 3.05) is 49.6 Å². The Labute approximate surface area is 225 Å². The largest absolute Gasteiger partial charge is 0.488 e. The number of anilines is 3. The molecule has 202 valence electrons. The minimum absolute atomic E-state index is 0.124. The third-order valence-electron chi connectivity index (χ3n) is 8.07. The Morgan fingerprint density at radius 1 is 1.10 bits per heavy atom.